The first-order chi connectivity index (χ1) is 8.01. The highest BCUT2D eigenvalue weighted by molar-refractivity contribution is 6.29. The summed E-state index contributed by atoms with van der Waals surface area (Å²) in [4.78, 5) is 19.6. The van der Waals surface area contributed by atoms with Crippen molar-refractivity contribution in [2.45, 2.75) is 39.2 Å². The van der Waals surface area contributed by atoms with Gasteiger partial charge in [-0.25, -0.2) is 9.97 Å². The first kappa shape index (κ1) is 13.9. The van der Waals surface area contributed by atoms with Crippen molar-refractivity contribution in [1.82, 2.24) is 9.97 Å². The van der Waals surface area contributed by atoms with Crippen molar-refractivity contribution in [3.63, 3.8) is 0 Å². The van der Waals surface area contributed by atoms with Crippen LogP contribution in [0.15, 0.2) is 6.07 Å². The number of carbonyl (C=O) groups excluding carboxylic acids is 1. The average Bonchev–Trinajstić information content (AvgIpc) is 2.14. The Balaban J connectivity index is 2.56. The second-order valence-corrected chi connectivity index (χ2v) is 4.34. The van der Waals surface area contributed by atoms with Crippen LogP contribution in [0.25, 0.3) is 0 Å². The second-order valence-electron chi connectivity index (χ2n) is 3.96. The number of hydrogen-bond donors (Lipinski definition) is 2. The Morgan fingerprint density at radius 1 is 1.59 bits per heavy atom. The van der Waals surface area contributed by atoms with Gasteiger partial charge in [0.1, 0.15) is 5.15 Å². The molecule has 0 aliphatic heterocycles. The number of aromatic nitrogens is 2. The van der Waals surface area contributed by atoms with Crippen LogP contribution in [0.2, 0.25) is 5.15 Å². The lowest BCUT2D eigenvalue weighted by Crippen LogP contribution is -2.27. The zero-order valence-corrected chi connectivity index (χ0v) is 10.8. The van der Waals surface area contributed by atoms with E-state index in [9.17, 15) is 4.79 Å². The summed E-state index contributed by atoms with van der Waals surface area (Å²) in [5, 5.41) is 2.90. The fourth-order valence-electron chi connectivity index (χ4n) is 1.47. The van der Waals surface area contributed by atoms with Crippen molar-refractivity contribution in [3.8, 4) is 0 Å². The first-order valence-corrected chi connectivity index (χ1v) is 5.95. The van der Waals surface area contributed by atoms with E-state index in [1.54, 1.807) is 13.0 Å². The van der Waals surface area contributed by atoms with Crippen molar-refractivity contribution in [1.29, 1.82) is 0 Å². The quantitative estimate of drug-likeness (QED) is 0.789. The predicted octanol–water partition coefficient (Wildman–Crippen LogP) is 1.89. The predicted molar refractivity (Wildman–Crippen MR) is 67.9 cm³/mol. The Hall–Kier alpha value is -1.20. The molecule has 0 spiro atoms. The topological polar surface area (TPSA) is 80.9 Å². The van der Waals surface area contributed by atoms with E-state index in [-0.39, 0.29) is 24.3 Å². The SMILES string of the molecule is CCCC(N)CC(=O)Nc1nc(C)cc(Cl)n1. The highest BCUT2D eigenvalue weighted by atomic mass is 35.5. The van der Waals surface area contributed by atoms with Crippen molar-refractivity contribution in [2.24, 2.45) is 5.73 Å². The third-order valence-corrected chi connectivity index (χ3v) is 2.37. The molecule has 94 valence electrons. The van der Waals surface area contributed by atoms with E-state index in [0.717, 1.165) is 12.8 Å². The molecule has 1 amide bonds. The number of hydrogen-bond acceptors (Lipinski definition) is 4. The standard InChI is InChI=1S/C11H17ClN4O/c1-3-4-8(13)6-10(17)16-11-14-7(2)5-9(12)15-11/h5,8H,3-4,6,13H2,1-2H3,(H,14,15,16,17). The Kier molecular flexibility index (Phi) is 5.31. The number of anilines is 1. The summed E-state index contributed by atoms with van der Waals surface area (Å²) in [7, 11) is 0. The van der Waals surface area contributed by atoms with Gasteiger partial charge in [0, 0.05) is 18.2 Å². The minimum atomic E-state index is -0.187. The van der Waals surface area contributed by atoms with Gasteiger partial charge in [-0.1, -0.05) is 24.9 Å². The normalized spacial score (nSPS) is 12.2. The maximum Gasteiger partial charge on any atom is 0.231 e. The fraction of sp³-hybridized carbons (Fsp3) is 0.545. The average molecular weight is 257 g/mol. The summed E-state index contributed by atoms with van der Waals surface area (Å²) >= 11 is 5.76. The third-order valence-electron chi connectivity index (χ3n) is 2.18. The lowest BCUT2D eigenvalue weighted by molar-refractivity contribution is -0.116. The molecule has 1 rings (SSSR count). The molecular formula is C11H17ClN4O. The fourth-order valence-corrected chi connectivity index (χ4v) is 1.71. The molecule has 6 heteroatoms. The van der Waals surface area contributed by atoms with Crippen molar-refractivity contribution in [3.05, 3.63) is 16.9 Å². The molecule has 1 atom stereocenters. The number of rotatable bonds is 5. The summed E-state index contributed by atoms with van der Waals surface area (Å²) < 4.78 is 0. The summed E-state index contributed by atoms with van der Waals surface area (Å²) in [6, 6.07) is 1.50. The molecule has 0 saturated heterocycles. The number of carbonyl (C=O) groups is 1. The van der Waals surface area contributed by atoms with Crippen LogP contribution in [-0.2, 0) is 4.79 Å². The van der Waals surface area contributed by atoms with Gasteiger partial charge >= 0.3 is 0 Å². The van der Waals surface area contributed by atoms with Crippen molar-refractivity contribution < 1.29 is 4.79 Å². The molecule has 1 aromatic rings. The lowest BCUT2D eigenvalue weighted by atomic mass is 10.1. The van der Waals surface area contributed by atoms with Gasteiger partial charge in [0.05, 0.1) is 0 Å². The van der Waals surface area contributed by atoms with Crippen molar-refractivity contribution >= 4 is 23.5 Å². The van der Waals surface area contributed by atoms with E-state index in [0.29, 0.717) is 10.8 Å². The number of amides is 1. The Bertz CT molecular complexity index is 377. The monoisotopic (exact) mass is 256 g/mol. The zero-order valence-electron chi connectivity index (χ0n) is 10.0. The molecule has 3 N–H and O–H groups in total. The summed E-state index contributed by atoms with van der Waals surface area (Å²) in [6.07, 6.45) is 2.05. The first-order valence-electron chi connectivity index (χ1n) is 5.58. The summed E-state index contributed by atoms with van der Waals surface area (Å²) in [6.45, 7) is 3.81. The molecule has 5 nitrogen and oxygen atoms in total. The van der Waals surface area contributed by atoms with E-state index in [2.05, 4.69) is 15.3 Å². The van der Waals surface area contributed by atoms with Gasteiger partial charge in [-0.2, -0.15) is 0 Å². The molecule has 0 radical (unpaired) electrons. The van der Waals surface area contributed by atoms with E-state index < -0.39 is 0 Å². The molecule has 0 saturated carbocycles. The highest BCUT2D eigenvalue weighted by Crippen LogP contribution is 2.10. The van der Waals surface area contributed by atoms with Crippen molar-refractivity contribution in [2.75, 3.05) is 5.32 Å². The van der Waals surface area contributed by atoms with E-state index in [1.807, 2.05) is 6.92 Å². The molecule has 17 heavy (non-hydrogen) atoms. The van der Waals surface area contributed by atoms with Gasteiger partial charge in [0.15, 0.2) is 0 Å². The molecule has 0 aromatic carbocycles. The smallest absolute Gasteiger partial charge is 0.231 e. The number of aryl methyl sites for hydroxylation is 1. The molecule has 0 aliphatic carbocycles. The van der Waals surface area contributed by atoms with Crippen LogP contribution >= 0.6 is 11.6 Å². The molecule has 1 heterocycles. The molecule has 0 fully saturated rings. The highest BCUT2D eigenvalue weighted by Gasteiger charge is 2.10. The van der Waals surface area contributed by atoms with Crippen LogP contribution in [0.5, 0.6) is 0 Å². The molecular weight excluding hydrogens is 240 g/mol. The van der Waals surface area contributed by atoms with E-state index in [1.165, 1.54) is 0 Å². The Morgan fingerprint density at radius 3 is 2.88 bits per heavy atom. The Labute approximate surface area is 106 Å². The molecule has 1 aromatic heterocycles. The van der Waals surface area contributed by atoms with Crippen LogP contribution in [-0.4, -0.2) is 21.9 Å². The lowest BCUT2D eigenvalue weighted by Gasteiger charge is -2.09. The van der Waals surface area contributed by atoms with Gasteiger partial charge < -0.3 is 5.73 Å². The number of nitrogens with two attached hydrogens (primary N) is 1. The molecule has 0 bridgehead atoms. The maximum absolute atomic E-state index is 11.6. The molecule has 0 aliphatic rings. The van der Waals surface area contributed by atoms with Gasteiger partial charge in [0.2, 0.25) is 11.9 Å². The van der Waals surface area contributed by atoms with Gasteiger partial charge in [-0.05, 0) is 19.4 Å². The van der Waals surface area contributed by atoms with Crippen LogP contribution < -0.4 is 11.1 Å². The minimum Gasteiger partial charge on any atom is -0.327 e. The molecule has 1 unspecified atom stereocenters. The van der Waals surface area contributed by atoms with Crippen LogP contribution in [0.4, 0.5) is 5.95 Å². The Morgan fingerprint density at radius 2 is 2.29 bits per heavy atom. The second kappa shape index (κ2) is 6.51. The summed E-state index contributed by atoms with van der Waals surface area (Å²) in [5.41, 5.74) is 6.48. The van der Waals surface area contributed by atoms with Gasteiger partial charge in [0.25, 0.3) is 0 Å². The van der Waals surface area contributed by atoms with Crippen LogP contribution in [0.3, 0.4) is 0 Å². The van der Waals surface area contributed by atoms with Gasteiger partial charge in [-0.15, -0.1) is 0 Å². The zero-order chi connectivity index (χ0) is 12.8. The van der Waals surface area contributed by atoms with E-state index in [4.69, 9.17) is 17.3 Å². The number of halogens is 1. The van der Waals surface area contributed by atoms with E-state index >= 15 is 0 Å². The third kappa shape index (κ3) is 5.10. The van der Waals surface area contributed by atoms with Gasteiger partial charge in [-0.3, -0.25) is 10.1 Å². The maximum atomic E-state index is 11.6. The van der Waals surface area contributed by atoms with Crippen LogP contribution in [0.1, 0.15) is 31.9 Å². The largest absolute Gasteiger partial charge is 0.327 e. The minimum absolute atomic E-state index is 0.125. The number of nitrogens with zero attached hydrogens (tertiary/aromatic N) is 2. The van der Waals surface area contributed by atoms with Crippen LogP contribution in [0, 0.1) is 6.92 Å². The number of nitrogens with one attached hydrogen (secondary N) is 1. The summed E-state index contributed by atoms with van der Waals surface area (Å²) in [5.74, 6) is 0.0383.